The zero-order chi connectivity index (χ0) is 9.36. The van der Waals surface area contributed by atoms with Gasteiger partial charge in [-0.1, -0.05) is 67.1 Å². The third-order valence-electron chi connectivity index (χ3n) is 1.87. The summed E-state index contributed by atoms with van der Waals surface area (Å²) in [4.78, 5) is 0. The van der Waals surface area contributed by atoms with Crippen molar-refractivity contribution in [2.45, 2.75) is 26.2 Å². The van der Waals surface area contributed by atoms with Crippen LogP contribution in [0, 0.1) is 0 Å². The van der Waals surface area contributed by atoms with Gasteiger partial charge >= 0.3 is 0 Å². The van der Waals surface area contributed by atoms with Crippen molar-refractivity contribution in [3.8, 4) is 0 Å². The molecule has 1 heteroatoms. The molecule has 68 valence electrons. The average Bonchev–Trinajstić information content (AvgIpc) is 2.19. The van der Waals surface area contributed by atoms with Crippen molar-refractivity contribution < 1.29 is 0 Å². The molecular weight excluding hydrogens is 172 g/mol. The third-order valence-corrected chi connectivity index (χ3v) is 2.94. The van der Waals surface area contributed by atoms with Crippen LogP contribution in [0.5, 0.6) is 0 Å². The zero-order valence-electron chi connectivity index (χ0n) is 8.16. The maximum atomic E-state index is 2.30. The van der Waals surface area contributed by atoms with Gasteiger partial charge in [0.05, 0.1) is 0 Å². The molecular formula is C12H16Si. The molecule has 0 saturated carbocycles. The molecule has 0 fully saturated rings. The van der Waals surface area contributed by atoms with Crippen molar-refractivity contribution in [1.82, 2.24) is 0 Å². The molecule has 0 aliphatic rings. The Morgan fingerprint density at radius 1 is 1.23 bits per heavy atom. The van der Waals surface area contributed by atoms with Gasteiger partial charge in [-0.3, -0.25) is 0 Å². The lowest BCUT2D eigenvalue weighted by atomic mass is 10.2. The molecule has 0 saturated heterocycles. The van der Waals surface area contributed by atoms with Crippen LogP contribution in [0.15, 0.2) is 42.1 Å². The smallest absolute Gasteiger partial charge is 0.0973 e. The second-order valence-electron chi connectivity index (χ2n) is 3.05. The molecule has 0 aliphatic carbocycles. The van der Waals surface area contributed by atoms with E-state index in [2.05, 4.69) is 49.0 Å². The highest BCUT2D eigenvalue weighted by Gasteiger charge is 1.86. The van der Waals surface area contributed by atoms with Gasteiger partial charge in [-0.05, 0) is 6.42 Å². The molecule has 0 aliphatic heterocycles. The van der Waals surface area contributed by atoms with Crippen molar-refractivity contribution >= 4 is 14.7 Å². The second-order valence-corrected chi connectivity index (χ2v) is 4.25. The van der Waals surface area contributed by atoms with Gasteiger partial charge < -0.3 is 0 Å². The van der Waals surface area contributed by atoms with Crippen molar-refractivity contribution in [3.63, 3.8) is 0 Å². The Morgan fingerprint density at radius 2 is 2.00 bits per heavy atom. The van der Waals surface area contributed by atoms with Gasteiger partial charge in [0.1, 0.15) is 9.52 Å². The minimum absolute atomic E-state index is 0.835. The summed E-state index contributed by atoms with van der Waals surface area (Å²) in [6.45, 7) is 2.23. The summed E-state index contributed by atoms with van der Waals surface area (Å²) in [5.74, 6) is 0. The highest BCUT2D eigenvalue weighted by atomic mass is 28.2. The molecule has 2 radical (unpaired) electrons. The van der Waals surface area contributed by atoms with Crippen LogP contribution in [0.2, 0.25) is 0 Å². The van der Waals surface area contributed by atoms with Crippen LogP contribution in [0.25, 0.3) is 0 Å². The molecule has 0 aromatic heterocycles. The van der Waals surface area contributed by atoms with E-state index in [4.69, 9.17) is 0 Å². The van der Waals surface area contributed by atoms with E-state index in [1.54, 1.807) is 0 Å². The predicted octanol–water partition coefficient (Wildman–Crippen LogP) is 2.72. The average molecular weight is 188 g/mol. The van der Waals surface area contributed by atoms with E-state index in [-0.39, 0.29) is 0 Å². The van der Waals surface area contributed by atoms with E-state index in [0.717, 1.165) is 9.52 Å². The second kappa shape index (κ2) is 6.67. The lowest BCUT2D eigenvalue weighted by molar-refractivity contribution is 0.815. The summed E-state index contributed by atoms with van der Waals surface area (Å²) in [6.07, 6.45) is 6.14. The monoisotopic (exact) mass is 188 g/mol. The fraction of sp³-hybridized carbons (Fsp3) is 0.333. The topological polar surface area (TPSA) is 0 Å². The molecule has 0 atom stereocenters. The first kappa shape index (κ1) is 10.3. The Balaban J connectivity index is 2.23. The Bertz CT molecular complexity index is 239. The fourth-order valence-corrected chi connectivity index (χ4v) is 1.96. The molecule has 0 heterocycles. The van der Waals surface area contributed by atoms with E-state index in [1.807, 2.05) is 0 Å². The number of rotatable bonds is 5. The van der Waals surface area contributed by atoms with Gasteiger partial charge in [0.25, 0.3) is 0 Å². The summed E-state index contributed by atoms with van der Waals surface area (Å²) in [6, 6.07) is 10.6. The van der Waals surface area contributed by atoms with Crippen LogP contribution in [0.3, 0.4) is 0 Å². The first-order valence-corrected chi connectivity index (χ1v) is 5.98. The normalized spacial score (nSPS) is 10.8. The molecule has 0 spiro atoms. The van der Waals surface area contributed by atoms with Crippen LogP contribution in [-0.4, -0.2) is 9.52 Å². The third kappa shape index (κ3) is 4.68. The summed E-state index contributed by atoms with van der Waals surface area (Å²) in [7, 11) is 0.835. The zero-order valence-corrected chi connectivity index (χ0v) is 9.16. The van der Waals surface area contributed by atoms with Gasteiger partial charge in [-0.15, -0.1) is 0 Å². The van der Waals surface area contributed by atoms with Gasteiger partial charge in [-0.2, -0.15) is 0 Å². The SMILES string of the molecule is CCCC/C=C/[Si]c1ccccc1. The number of hydrogen-bond donors (Lipinski definition) is 0. The quantitative estimate of drug-likeness (QED) is 0.492. The predicted molar refractivity (Wildman–Crippen MR) is 60.5 cm³/mol. The van der Waals surface area contributed by atoms with Crippen molar-refractivity contribution in [2.75, 3.05) is 0 Å². The lowest BCUT2D eigenvalue weighted by Crippen LogP contribution is -2.10. The van der Waals surface area contributed by atoms with Gasteiger partial charge in [0.15, 0.2) is 0 Å². The first-order chi connectivity index (χ1) is 6.43. The highest BCUT2D eigenvalue weighted by molar-refractivity contribution is 6.58. The molecule has 1 aromatic rings. The maximum Gasteiger partial charge on any atom is 0.111 e. The lowest BCUT2D eigenvalue weighted by Gasteiger charge is -1.92. The van der Waals surface area contributed by atoms with E-state index in [9.17, 15) is 0 Å². The Labute approximate surface area is 83.5 Å². The van der Waals surface area contributed by atoms with E-state index < -0.39 is 0 Å². The fourth-order valence-electron chi connectivity index (χ4n) is 1.09. The van der Waals surface area contributed by atoms with Crippen LogP contribution < -0.4 is 5.19 Å². The van der Waals surface area contributed by atoms with E-state index in [1.165, 1.54) is 24.4 Å². The van der Waals surface area contributed by atoms with Gasteiger partial charge in [0, 0.05) is 0 Å². The van der Waals surface area contributed by atoms with Crippen LogP contribution in [0.1, 0.15) is 26.2 Å². The Hall–Kier alpha value is -0.823. The minimum atomic E-state index is 0.835. The summed E-state index contributed by atoms with van der Waals surface area (Å²) < 4.78 is 0. The van der Waals surface area contributed by atoms with Crippen molar-refractivity contribution in [1.29, 1.82) is 0 Å². The molecule has 1 rings (SSSR count). The summed E-state index contributed by atoms with van der Waals surface area (Å²) in [5.41, 5.74) is 2.30. The number of allylic oxidation sites excluding steroid dienone is 1. The van der Waals surface area contributed by atoms with Gasteiger partial charge in [-0.25, -0.2) is 0 Å². The summed E-state index contributed by atoms with van der Waals surface area (Å²) >= 11 is 0. The Kier molecular flexibility index (Phi) is 5.26. The van der Waals surface area contributed by atoms with Crippen molar-refractivity contribution in [2.24, 2.45) is 0 Å². The molecule has 1 aromatic carbocycles. The Morgan fingerprint density at radius 3 is 2.69 bits per heavy atom. The van der Waals surface area contributed by atoms with Crippen LogP contribution in [-0.2, 0) is 0 Å². The number of hydrogen-bond acceptors (Lipinski definition) is 0. The maximum absolute atomic E-state index is 2.30. The number of unbranched alkanes of at least 4 members (excludes halogenated alkanes) is 2. The van der Waals surface area contributed by atoms with Crippen molar-refractivity contribution in [3.05, 3.63) is 42.1 Å². The minimum Gasteiger partial charge on any atom is -0.0973 e. The highest BCUT2D eigenvalue weighted by Crippen LogP contribution is 1.94. The first-order valence-electron chi connectivity index (χ1n) is 4.90. The molecule has 13 heavy (non-hydrogen) atoms. The van der Waals surface area contributed by atoms with E-state index in [0.29, 0.717) is 0 Å². The van der Waals surface area contributed by atoms with E-state index >= 15 is 0 Å². The largest absolute Gasteiger partial charge is 0.111 e. The molecule has 0 unspecified atom stereocenters. The molecule has 0 amide bonds. The molecule has 0 N–H and O–H groups in total. The van der Waals surface area contributed by atoms with Crippen LogP contribution >= 0.6 is 0 Å². The standard InChI is InChI=1S/C12H16Si/c1-2-3-4-8-11-13-12-9-6-5-7-10-12/h5-11H,2-4H2,1H3/b11-8+. The molecule has 0 bridgehead atoms. The van der Waals surface area contributed by atoms with Crippen LogP contribution in [0.4, 0.5) is 0 Å². The summed E-state index contributed by atoms with van der Waals surface area (Å²) in [5, 5.41) is 1.43. The number of benzene rings is 1. The molecule has 0 nitrogen and oxygen atoms in total. The van der Waals surface area contributed by atoms with Gasteiger partial charge in [0.2, 0.25) is 0 Å².